The predicted molar refractivity (Wildman–Crippen MR) is 127 cm³/mol. The van der Waals surface area contributed by atoms with Crippen molar-refractivity contribution in [2.75, 3.05) is 68.6 Å². The van der Waals surface area contributed by atoms with Gasteiger partial charge in [0.1, 0.15) is 13.2 Å². The minimum Gasteiger partial charge on any atom is -0.461 e. The van der Waals surface area contributed by atoms with Crippen LogP contribution in [-0.4, -0.2) is 99.8 Å². The first kappa shape index (κ1) is 30.8. The van der Waals surface area contributed by atoms with Crippen molar-refractivity contribution < 1.29 is 37.2 Å². The Morgan fingerprint density at radius 2 is 1.03 bits per heavy atom. The van der Waals surface area contributed by atoms with Gasteiger partial charge in [0.15, 0.2) is 16.9 Å². The first-order chi connectivity index (χ1) is 14.7. The Morgan fingerprint density at radius 1 is 0.719 bits per heavy atom. The van der Waals surface area contributed by atoms with Gasteiger partial charge in [0, 0.05) is 25.0 Å². The maximum Gasteiger partial charge on any atom is 0.331 e. The van der Waals surface area contributed by atoms with Crippen LogP contribution in [0.3, 0.4) is 0 Å². The molecule has 0 rings (SSSR count). The number of ether oxygens (including phenoxy) is 2. The third-order valence-corrected chi connectivity index (χ3v) is 7.63. The Kier molecular flexibility index (Phi) is 13.0. The molecule has 10 heteroatoms. The summed E-state index contributed by atoms with van der Waals surface area (Å²) in [5.74, 6) is -1.38. The molecular formula is C22H42N2O6P2+2. The number of hydrogen-bond acceptors (Lipinski definition) is 6. The lowest BCUT2D eigenvalue weighted by molar-refractivity contribution is -0.870. The zero-order valence-corrected chi connectivity index (χ0v) is 22.8. The summed E-state index contributed by atoms with van der Waals surface area (Å²) in [6.45, 7) is 5.41. The lowest BCUT2D eigenvalue weighted by Crippen LogP contribution is -2.41. The van der Waals surface area contributed by atoms with Crippen LogP contribution in [0.1, 0.15) is 39.5 Å². The van der Waals surface area contributed by atoms with Gasteiger partial charge in [0.25, 0.3) is 0 Å². The highest BCUT2D eigenvalue weighted by Crippen LogP contribution is 2.33. The maximum absolute atomic E-state index is 12.1. The van der Waals surface area contributed by atoms with Crippen LogP contribution in [0, 0.1) is 0 Å². The molecule has 0 fully saturated rings. The van der Waals surface area contributed by atoms with E-state index in [1.807, 2.05) is 56.1 Å². The highest BCUT2D eigenvalue weighted by molar-refractivity contribution is 7.26. The average molecular weight is 493 g/mol. The Labute approximate surface area is 196 Å². The van der Waals surface area contributed by atoms with E-state index in [2.05, 4.69) is 0 Å². The Bertz CT molecular complexity index is 616. The monoisotopic (exact) mass is 492 g/mol. The molecule has 0 aliphatic heterocycles. The van der Waals surface area contributed by atoms with E-state index < -0.39 is 22.3 Å². The van der Waals surface area contributed by atoms with Crippen molar-refractivity contribution in [3.05, 3.63) is 12.2 Å². The van der Waals surface area contributed by atoms with Gasteiger partial charge in [-0.1, -0.05) is 13.8 Å². The second-order valence-corrected chi connectivity index (χ2v) is 12.7. The molecule has 32 heavy (non-hydrogen) atoms. The van der Waals surface area contributed by atoms with Crippen LogP contribution in [0.15, 0.2) is 12.2 Å². The number of hydrogen-bond donors (Lipinski definition) is 0. The van der Waals surface area contributed by atoms with Crippen molar-refractivity contribution in [3.63, 3.8) is 0 Å². The number of carbonyl (C=O) groups excluding carboxylic acids is 2. The molecule has 0 spiro atoms. The summed E-state index contributed by atoms with van der Waals surface area (Å²) in [6, 6.07) is 0. The molecule has 0 N–H and O–H groups in total. The average Bonchev–Trinajstić information content (AvgIpc) is 2.72. The molecule has 0 aromatic rings. The van der Waals surface area contributed by atoms with Crippen molar-refractivity contribution in [2.45, 2.75) is 49.8 Å². The molecule has 0 amide bonds. The highest BCUT2D eigenvalue weighted by atomic mass is 31.1. The first-order valence-electron chi connectivity index (χ1n) is 11.0. The van der Waals surface area contributed by atoms with E-state index >= 15 is 0 Å². The van der Waals surface area contributed by atoms with Crippen LogP contribution in [-0.2, 0) is 28.2 Å². The SMILES string of the molecule is CCC(CC[N+](C)(C)C)(COC(=O)/C=C/C(=O)OCC(CC)(CC[N+](C)(C)C)P=O)P=O. The van der Waals surface area contributed by atoms with Gasteiger partial charge in [-0.3, -0.25) is 9.13 Å². The standard InChI is InChI=1S/C22H42N2O6P2/c1-9-21(31-27,13-15-23(3,4)5)17-29-19(25)11-12-20(26)30-18-22(10-2,32-28)14-16-24(6,7)8/h11-12H,9-10,13-18H2,1-8H3/q+2/b12-11+. The fourth-order valence-corrected chi connectivity index (χ4v) is 3.58. The Hall–Kier alpha value is -1.20. The molecule has 0 heterocycles. The van der Waals surface area contributed by atoms with Gasteiger partial charge < -0.3 is 18.4 Å². The normalized spacial score (nSPS) is 16.6. The summed E-state index contributed by atoms with van der Waals surface area (Å²) in [5, 5.41) is -1.29. The van der Waals surface area contributed by atoms with Crippen LogP contribution in [0.25, 0.3) is 0 Å². The molecule has 0 saturated carbocycles. The molecule has 184 valence electrons. The van der Waals surface area contributed by atoms with Gasteiger partial charge in [-0.05, 0) is 12.8 Å². The van der Waals surface area contributed by atoms with E-state index in [1.54, 1.807) is 0 Å². The minimum atomic E-state index is -0.692. The summed E-state index contributed by atoms with van der Waals surface area (Å²) in [4.78, 5) is 24.1. The summed E-state index contributed by atoms with van der Waals surface area (Å²) >= 11 is 0. The van der Waals surface area contributed by atoms with Gasteiger partial charge >= 0.3 is 11.9 Å². The molecule has 0 radical (unpaired) electrons. The third kappa shape index (κ3) is 12.7. The minimum absolute atomic E-state index is 0.00579. The molecule has 0 aromatic carbocycles. The van der Waals surface area contributed by atoms with Crippen molar-refractivity contribution in [1.29, 1.82) is 0 Å². The number of carbonyl (C=O) groups is 2. The largest absolute Gasteiger partial charge is 0.461 e. The van der Waals surface area contributed by atoms with Gasteiger partial charge in [-0.25, -0.2) is 9.59 Å². The van der Waals surface area contributed by atoms with Crippen LogP contribution in [0.2, 0.25) is 0 Å². The Balaban J connectivity index is 4.81. The fraction of sp³-hybridized carbons (Fsp3) is 0.818. The summed E-state index contributed by atoms with van der Waals surface area (Å²) in [7, 11) is 12.1. The molecule has 0 aliphatic rings. The molecule has 0 bridgehead atoms. The second kappa shape index (κ2) is 13.5. The molecule has 2 unspecified atom stereocenters. The third-order valence-electron chi connectivity index (χ3n) is 5.52. The zero-order chi connectivity index (χ0) is 25.1. The summed E-state index contributed by atoms with van der Waals surface area (Å²) in [6.07, 6.45) is 4.49. The number of nitrogens with zero attached hydrogens (tertiary/aromatic N) is 2. The Morgan fingerprint density at radius 3 is 1.25 bits per heavy atom. The first-order valence-corrected chi connectivity index (χ1v) is 12.6. The molecule has 0 aliphatic carbocycles. The fourth-order valence-electron chi connectivity index (χ4n) is 2.71. The summed E-state index contributed by atoms with van der Waals surface area (Å²) < 4.78 is 35.5. The van der Waals surface area contributed by atoms with Crippen molar-refractivity contribution in [3.8, 4) is 0 Å². The number of rotatable bonds is 16. The van der Waals surface area contributed by atoms with E-state index in [9.17, 15) is 18.7 Å². The van der Waals surface area contributed by atoms with Gasteiger partial charge in [0.2, 0.25) is 0 Å². The van der Waals surface area contributed by atoms with Crippen LogP contribution in [0.5, 0.6) is 0 Å². The zero-order valence-electron chi connectivity index (χ0n) is 21.0. The van der Waals surface area contributed by atoms with Crippen molar-refractivity contribution in [1.82, 2.24) is 0 Å². The number of esters is 2. The molecular weight excluding hydrogens is 450 g/mol. The lowest BCUT2D eigenvalue weighted by Gasteiger charge is -2.30. The van der Waals surface area contributed by atoms with Crippen LogP contribution < -0.4 is 0 Å². The predicted octanol–water partition coefficient (Wildman–Crippen LogP) is 3.70. The summed E-state index contributed by atoms with van der Waals surface area (Å²) in [5.41, 5.74) is 0. The van der Waals surface area contributed by atoms with Gasteiger partial charge in [-0.2, -0.15) is 0 Å². The molecule has 0 saturated heterocycles. The lowest BCUT2D eigenvalue weighted by atomic mass is 10.0. The van der Waals surface area contributed by atoms with E-state index in [0.29, 0.717) is 34.6 Å². The molecule has 8 nitrogen and oxygen atoms in total. The second-order valence-electron chi connectivity index (χ2n) is 10.4. The topological polar surface area (TPSA) is 86.7 Å². The number of quaternary nitrogens is 2. The highest BCUT2D eigenvalue weighted by Gasteiger charge is 2.34. The molecule has 0 aromatic heterocycles. The van der Waals surface area contributed by atoms with Crippen molar-refractivity contribution >= 4 is 28.9 Å². The smallest absolute Gasteiger partial charge is 0.331 e. The van der Waals surface area contributed by atoms with E-state index in [-0.39, 0.29) is 30.1 Å². The van der Waals surface area contributed by atoms with E-state index in [4.69, 9.17) is 9.47 Å². The quantitative estimate of drug-likeness (QED) is 0.141. The van der Waals surface area contributed by atoms with Crippen molar-refractivity contribution in [2.24, 2.45) is 0 Å². The van der Waals surface area contributed by atoms with Crippen LogP contribution in [0.4, 0.5) is 0 Å². The molecule has 2 atom stereocenters. The van der Waals surface area contributed by atoms with E-state index in [1.165, 1.54) is 0 Å². The van der Waals surface area contributed by atoms with Gasteiger partial charge in [0.05, 0.1) is 65.7 Å². The van der Waals surface area contributed by atoms with Crippen LogP contribution >= 0.6 is 16.9 Å². The maximum atomic E-state index is 12.1. The van der Waals surface area contributed by atoms with Gasteiger partial charge in [-0.15, -0.1) is 0 Å². The van der Waals surface area contributed by atoms with E-state index in [0.717, 1.165) is 25.2 Å².